The van der Waals surface area contributed by atoms with E-state index in [1.54, 1.807) is 31.2 Å². The van der Waals surface area contributed by atoms with E-state index in [2.05, 4.69) is 20.9 Å². The van der Waals surface area contributed by atoms with Crippen LogP contribution in [0.4, 0.5) is 21.3 Å². The highest BCUT2D eigenvalue weighted by molar-refractivity contribution is 7.17. The number of rotatable bonds is 4. The van der Waals surface area contributed by atoms with Gasteiger partial charge in [-0.1, -0.05) is 35.1 Å². The van der Waals surface area contributed by atoms with Gasteiger partial charge < -0.3 is 10.6 Å². The van der Waals surface area contributed by atoms with E-state index in [1.807, 2.05) is 32.0 Å². The van der Waals surface area contributed by atoms with Crippen molar-refractivity contribution in [2.75, 3.05) is 16.0 Å². The van der Waals surface area contributed by atoms with Gasteiger partial charge in [0.2, 0.25) is 0 Å². The van der Waals surface area contributed by atoms with Crippen molar-refractivity contribution in [3.05, 3.63) is 69.2 Å². The number of hydrogen-bond donors (Lipinski definition) is 3. The molecule has 3 aromatic rings. The third-order valence-corrected chi connectivity index (χ3v) is 5.29. The van der Waals surface area contributed by atoms with Crippen LogP contribution in [0.2, 0.25) is 5.02 Å². The van der Waals surface area contributed by atoms with Crippen LogP contribution in [-0.2, 0) is 0 Å². The summed E-state index contributed by atoms with van der Waals surface area (Å²) in [6.07, 6.45) is 0. The smallest absolute Gasteiger partial charge is 0.321 e. The highest BCUT2D eigenvalue weighted by Crippen LogP contribution is 2.25. The first-order valence-corrected chi connectivity index (χ1v) is 9.71. The van der Waals surface area contributed by atoms with Crippen molar-refractivity contribution in [1.29, 1.82) is 0 Å². The second-order valence-corrected chi connectivity index (χ2v) is 7.73. The van der Waals surface area contributed by atoms with Crippen LogP contribution in [-0.4, -0.2) is 16.9 Å². The third-order valence-electron chi connectivity index (χ3n) is 3.97. The minimum atomic E-state index is -0.447. The highest BCUT2D eigenvalue weighted by Gasteiger charge is 2.17. The number of carbonyl (C=O) groups is 2. The topological polar surface area (TPSA) is 83.1 Å². The number of aromatic nitrogens is 1. The minimum absolute atomic E-state index is 0.255. The molecule has 1 heterocycles. The summed E-state index contributed by atoms with van der Waals surface area (Å²) in [5.74, 6) is -0.255. The molecular formula is C20H19ClN4O2S. The molecule has 0 spiro atoms. The number of carbonyl (C=O) groups excluding carboxylic acids is 2. The van der Waals surface area contributed by atoms with Crippen LogP contribution in [0.3, 0.4) is 0 Å². The quantitative estimate of drug-likeness (QED) is 0.518. The van der Waals surface area contributed by atoms with E-state index in [1.165, 1.54) is 0 Å². The molecule has 2 aromatic carbocycles. The molecular weight excluding hydrogens is 396 g/mol. The van der Waals surface area contributed by atoms with Crippen molar-refractivity contribution in [3.63, 3.8) is 0 Å². The fraction of sp³-hybridized carbons (Fsp3) is 0.150. The summed E-state index contributed by atoms with van der Waals surface area (Å²) in [4.78, 5) is 29.5. The summed E-state index contributed by atoms with van der Waals surface area (Å²) in [5, 5.41) is 9.17. The fourth-order valence-corrected chi connectivity index (χ4v) is 3.49. The first-order valence-electron chi connectivity index (χ1n) is 8.51. The van der Waals surface area contributed by atoms with Crippen molar-refractivity contribution >= 4 is 51.4 Å². The fourth-order valence-electron chi connectivity index (χ4n) is 2.50. The van der Waals surface area contributed by atoms with Crippen LogP contribution in [0.15, 0.2) is 42.5 Å². The predicted molar refractivity (Wildman–Crippen MR) is 115 cm³/mol. The normalized spacial score (nSPS) is 10.4. The van der Waals surface area contributed by atoms with Crippen molar-refractivity contribution in [1.82, 2.24) is 4.98 Å². The Labute approximate surface area is 172 Å². The van der Waals surface area contributed by atoms with Crippen LogP contribution in [0, 0.1) is 20.8 Å². The molecule has 3 amide bonds. The number of benzene rings is 2. The second kappa shape index (κ2) is 8.41. The van der Waals surface area contributed by atoms with Gasteiger partial charge in [0.1, 0.15) is 4.88 Å². The zero-order valence-corrected chi connectivity index (χ0v) is 17.2. The number of anilines is 3. The molecule has 0 aliphatic heterocycles. The molecule has 1 aromatic heterocycles. The van der Waals surface area contributed by atoms with Gasteiger partial charge in [0.05, 0.1) is 5.69 Å². The van der Waals surface area contributed by atoms with Gasteiger partial charge in [-0.2, -0.15) is 0 Å². The van der Waals surface area contributed by atoms with E-state index >= 15 is 0 Å². The zero-order chi connectivity index (χ0) is 20.3. The maximum atomic E-state index is 12.6. The average molecular weight is 415 g/mol. The molecule has 0 saturated carbocycles. The SMILES string of the molecule is Cc1ccc(C)c(NC(=O)c2sc(NC(=O)Nc3ccc(Cl)cc3)nc2C)c1. The second-order valence-electron chi connectivity index (χ2n) is 6.29. The molecule has 28 heavy (non-hydrogen) atoms. The van der Waals surface area contributed by atoms with E-state index in [0.29, 0.717) is 26.4 Å². The lowest BCUT2D eigenvalue weighted by Crippen LogP contribution is -2.19. The summed E-state index contributed by atoms with van der Waals surface area (Å²) < 4.78 is 0. The highest BCUT2D eigenvalue weighted by atomic mass is 35.5. The van der Waals surface area contributed by atoms with Crippen molar-refractivity contribution < 1.29 is 9.59 Å². The number of aryl methyl sites for hydroxylation is 3. The summed E-state index contributed by atoms with van der Waals surface area (Å²) in [7, 11) is 0. The van der Waals surface area contributed by atoms with E-state index in [0.717, 1.165) is 28.2 Å². The van der Waals surface area contributed by atoms with Crippen molar-refractivity contribution in [3.8, 4) is 0 Å². The van der Waals surface area contributed by atoms with E-state index < -0.39 is 6.03 Å². The first kappa shape index (κ1) is 19.9. The summed E-state index contributed by atoms with van der Waals surface area (Å²) in [6.45, 7) is 5.63. The standard InChI is InChI=1S/C20H19ClN4O2S/c1-11-4-5-12(2)16(10-11)24-18(26)17-13(3)22-20(28-17)25-19(27)23-15-8-6-14(21)7-9-15/h4-10H,1-3H3,(H,24,26)(H2,22,23,25,27). The Balaban J connectivity index is 1.68. The first-order chi connectivity index (χ1) is 13.3. The Morgan fingerprint density at radius 3 is 2.39 bits per heavy atom. The molecule has 8 heteroatoms. The number of urea groups is 1. The van der Waals surface area contributed by atoms with Crippen LogP contribution in [0.1, 0.15) is 26.5 Å². The largest absolute Gasteiger partial charge is 0.325 e. The Morgan fingerprint density at radius 1 is 0.964 bits per heavy atom. The minimum Gasteiger partial charge on any atom is -0.321 e. The van der Waals surface area contributed by atoms with Crippen LogP contribution in [0.5, 0.6) is 0 Å². The monoisotopic (exact) mass is 414 g/mol. The Kier molecular flexibility index (Phi) is 5.96. The lowest BCUT2D eigenvalue weighted by molar-refractivity contribution is 0.102. The maximum Gasteiger partial charge on any atom is 0.325 e. The number of amides is 3. The molecule has 0 radical (unpaired) electrons. The lowest BCUT2D eigenvalue weighted by Gasteiger charge is -2.08. The molecule has 0 aliphatic rings. The molecule has 3 rings (SSSR count). The zero-order valence-electron chi connectivity index (χ0n) is 15.6. The molecule has 6 nitrogen and oxygen atoms in total. The van der Waals surface area contributed by atoms with Gasteiger partial charge in [-0.25, -0.2) is 9.78 Å². The Hall–Kier alpha value is -2.90. The molecule has 0 bridgehead atoms. The summed E-state index contributed by atoms with van der Waals surface area (Å²) >= 11 is 6.95. The Morgan fingerprint density at radius 2 is 1.68 bits per heavy atom. The molecule has 0 atom stereocenters. The maximum absolute atomic E-state index is 12.6. The number of thiazole rings is 1. The molecule has 0 saturated heterocycles. The van der Waals surface area contributed by atoms with Crippen LogP contribution in [0.25, 0.3) is 0 Å². The Bertz CT molecular complexity index is 1030. The van der Waals surface area contributed by atoms with Gasteiger partial charge in [-0.15, -0.1) is 0 Å². The van der Waals surface area contributed by atoms with Crippen LogP contribution < -0.4 is 16.0 Å². The predicted octanol–water partition coefficient (Wildman–Crippen LogP) is 5.62. The van der Waals surface area contributed by atoms with Gasteiger partial charge in [0.15, 0.2) is 5.13 Å². The lowest BCUT2D eigenvalue weighted by atomic mass is 10.1. The van der Waals surface area contributed by atoms with E-state index in [-0.39, 0.29) is 5.91 Å². The third kappa shape index (κ3) is 4.88. The molecule has 0 aliphatic carbocycles. The molecule has 3 N–H and O–H groups in total. The molecule has 0 fully saturated rings. The van der Waals surface area contributed by atoms with Crippen LogP contribution >= 0.6 is 22.9 Å². The number of nitrogens with zero attached hydrogens (tertiary/aromatic N) is 1. The van der Waals surface area contributed by atoms with Gasteiger partial charge in [0, 0.05) is 16.4 Å². The van der Waals surface area contributed by atoms with Gasteiger partial charge in [-0.05, 0) is 62.2 Å². The average Bonchev–Trinajstić information content (AvgIpc) is 3.00. The van der Waals surface area contributed by atoms with Crippen molar-refractivity contribution in [2.45, 2.75) is 20.8 Å². The van der Waals surface area contributed by atoms with Gasteiger partial charge in [-0.3, -0.25) is 10.1 Å². The van der Waals surface area contributed by atoms with Gasteiger partial charge >= 0.3 is 6.03 Å². The molecule has 144 valence electrons. The van der Waals surface area contributed by atoms with E-state index in [4.69, 9.17) is 11.6 Å². The summed E-state index contributed by atoms with van der Waals surface area (Å²) in [6, 6.07) is 12.2. The van der Waals surface area contributed by atoms with Crippen molar-refractivity contribution in [2.24, 2.45) is 0 Å². The van der Waals surface area contributed by atoms with E-state index in [9.17, 15) is 9.59 Å². The number of hydrogen-bond acceptors (Lipinski definition) is 4. The number of halogens is 1. The molecule has 0 unspecified atom stereocenters. The summed E-state index contributed by atoms with van der Waals surface area (Å²) in [5.41, 5.74) is 3.94. The van der Waals surface area contributed by atoms with Gasteiger partial charge in [0.25, 0.3) is 5.91 Å². The number of nitrogens with one attached hydrogen (secondary N) is 3.